The van der Waals surface area contributed by atoms with E-state index in [-0.39, 0.29) is 10.6 Å². The molecule has 6 heteroatoms. The molecule has 0 radical (unpaired) electrons. The maximum Gasteiger partial charge on any atom is 0.285 e. The number of rotatable bonds is 2. The fraction of sp³-hybridized carbons (Fsp3) is 0.714. The average Bonchev–Trinajstić information content (AvgIpc) is 2.69. The highest BCUT2D eigenvalue weighted by atomic mass is 35.5. The van der Waals surface area contributed by atoms with Crippen molar-refractivity contribution in [3.8, 4) is 0 Å². The summed E-state index contributed by atoms with van der Waals surface area (Å²) in [7, 11) is 0. The summed E-state index contributed by atoms with van der Waals surface area (Å²) in [5.41, 5.74) is 0.464. The van der Waals surface area contributed by atoms with Crippen molar-refractivity contribution in [2.24, 2.45) is 0 Å². The van der Waals surface area contributed by atoms with Crippen LogP contribution in [0.1, 0.15) is 33.1 Å². The molecule has 0 saturated carbocycles. The first-order valence-electron chi connectivity index (χ1n) is 7.33. The number of nitrogens with zero attached hydrogens (tertiary/aromatic N) is 3. The summed E-state index contributed by atoms with van der Waals surface area (Å²) in [5.74, 6) is 0. The van der Waals surface area contributed by atoms with Crippen molar-refractivity contribution < 1.29 is 0 Å². The lowest BCUT2D eigenvalue weighted by molar-refractivity contribution is 0.158. The number of aromatic nitrogens is 2. The first kappa shape index (κ1) is 13.9. The van der Waals surface area contributed by atoms with Crippen LogP contribution in [0.25, 0.3) is 0 Å². The van der Waals surface area contributed by atoms with E-state index in [2.05, 4.69) is 33.8 Å². The molecule has 0 spiro atoms. The first-order chi connectivity index (χ1) is 9.58. The first-order valence-corrected chi connectivity index (χ1v) is 7.71. The van der Waals surface area contributed by atoms with Gasteiger partial charge >= 0.3 is 0 Å². The Hall–Kier alpha value is -1.07. The van der Waals surface area contributed by atoms with E-state index in [4.69, 9.17) is 11.6 Å². The number of nitrogens with one attached hydrogen (secondary N) is 1. The number of halogens is 1. The lowest BCUT2D eigenvalue weighted by Crippen LogP contribution is -2.43. The van der Waals surface area contributed by atoms with Crippen molar-refractivity contribution in [3.63, 3.8) is 0 Å². The highest BCUT2D eigenvalue weighted by molar-refractivity contribution is 6.32. The Morgan fingerprint density at radius 1 is 1.35 bits per heavy atom. The second kappa shape index (κ2) is 5.37. The fourth-order valence-electron chi connectivity index (χ4n) is 3.77. The second-order valence-corrected chi connectivity index (χ2v) is 6.44. The molecule has 2 aliphatic heterocycles. The standard InChI is InChI=1S/C14H21ClN4O/c1-9(2)19-10-3-4-11(19)8-18(6-5-10)12-7-16-17-14(20)13(12)15/h7,9-11H,3-6,8H2,1-2H3,(H,17,20). The summed E-state index contributed by atoms with van der Waals surface area (Å²) in [6.45, 7) is 6.40. The molecule has 1 aromatic heterocycles. The Balaban J connectivity index is 1.87. The van der Waals surface area contributed by atoms with Crippen LogP contribution in [0.2, 0.25) is 5.02 Å². The third-order valence-electron chi connectivity index (χ3n) is 4.55. The Labute approximate surface area is 123 Å². The third-order valence-corrected chi connectivity index (χ3v) is 4.92. The number of anilines is 1. The van der Waals surface area contributed by atoms with E-state index < -0.39 is 0 Å². The molecule has 110 valence electrons. The molecule has 0 aliphatic carbocycles. The zero-order chi connectivity index (χ0) is 14.3. The number of H-pyrrole nitrogens is 1. The molecule has 3 rings (SSSR count). The van der Waals surface area contributed by atoms with Crippen LogP contribution >= 0.6 is 11.6 Å². The normalized spacial score (nSPS) is 27.1. The average molecular weight is 297 g/mol. The molecule has 0 amide bonds. The largest absolute Gasteiger partial charge is 0.367 e. The van der Waals surface area contributed by atoms with Crippen LogP contribution in [0.15, 0.2) is 11.0 Å². The molecule has 2 saturated heterocycles. The van der Waals surface area contributed by atoms with Gasteiger partial charge in [0.25, 0.3) is 5.56 Å². The fourth-order valence-corrected chi connectivity index (χ4v) is 3.98. The lowest BCUT2D eigenvalue weighted by atomic mass is 10.1. The molecule has 2 aliphatic rings. The molecule has 1 aromatic rings. The Kier molecular flexibility index (Phi) is 3.73. The van der Waals surface area contributed by atoms with Gasteiger partial charge in [-0.1, -0.05) is 11.6 Å². The lowest BCUT2D eigenvalue weighted by Gasteiger charge is -2.32. The molecule has 2 unspecified atom stereocenters. The highest BCUT2D eigenvalue weighted by Gasteiger charge is 2.38. The number of aromatic amines is 1. The molecular formula is C14H21ClN4O. The van der Waals surface area contributed by atoms with Gasteiger partial charge in [-0.2, -0.15) is 5.10 Å². The van der Waals surface area contributed by atoms with E-state index in [0.717, 1.165) is 25.2 Å². The molecule has 2 atom stereocenters. The summed E-state index contributed by atoms with van der Waals surface area (Å²) in [5, 5.41) is 6.53. The van der Waals surface area contributed by atoms with E-state index in [1.54, 1.807) is 6.20 Å². The second-order valence-electron chi connectivity index (χ2n) is 6.06. The zero-order valence-corrected chi connectivity index (χ0v) is 12.7. The number of fused-ring (bicyclic) bond motifs is 2. The summed E-state index contributed by atoms with van der Waals surface area (Å²) in [6.07, 6.45) is 5.31. The molecule has 20 heavy (non-hydrogen) atoms. The molecular weight excluding hydrogens is 276 g/mol. The topological polar surface area (TPSA) is 52.2 Å². The van der Waals surface area contributed by atoms with E-state index in [0.29, 0.717) is 18.1 Å². The van der Waals surface area contributed by atoms with Crippen molar-refractivity contribution in [1.82, 2.24) is 15.1 Å². The van der Waals surface area contributed by atoms with Gasteiger partial charge in [0.1, 0.15) is 5.02 Å². The number of hydrogen-bond donors (Lipinski definition) is 1. The predicted molar refractivity (Wildman–Crippen MR) is 80.5 cm³/mol. The van der Waals surface area contributed by atoms with Crippen LogP contribution in [0, 0.1) is 0 Å². The number of hydrogen-bond acceptors (Lipinski definition) is 4. The van der Waals surface area contributed by atoms with Gasteiger partial charge in [-0.05, 0) is 33.1 Å². The maximum atomic E-state index is 11.6. The van der Waals surface area contributed by atoms with Crippen LogP contribution in [0.3, 0.4) is 0 Å². The van der Waals surface area contributed by atoms with Crippen molar-refractivity contribution in [2.75, 3.05) is 18.0 Å². The van der Waals surface area contributed by atoms with Gasteiger partial charge < -0.3 is 4.90 Å². The van der Waals surface area contributed by atoms with Crippen LogP contribution < -0.4 is 10.5 Å². The van der Waals surface area contributed by atoms with Crippen molar-refractivity contribution in [2.45, 2.75) is 51.2 Å². The monoisotopic (exact) mass is 296 g/mol. The van der Waals surface area contributed by atoms with Crippen LogP contribution in [0.4, 0.5) is 5.69 Å². The predicted octanol–water partition coefficient (Wildman–Crippen LogP) is 1.87. The molecule has 2 bridgehead atoms. The highest BCUT2D eigenvalue weighted by Crippen LogP contribution is 2.34. The van der Waals surface area contributed by atoms with E-state index in [1.807, 2.05) is 0 Å². The van der Waals surface area contributed by atoms with Crippen molar-refractivity contribution >= 4 is 17.3 Å². The zero-order valence-electron chi connectivity index (χ0n) is 12.0. The minimum Gasteiger partial charge on any atom is -0.367 e. The van der Waals surface area contributed by atoms with Crippen molar-refractivity contribution in [3.05, 3.63) is 21.6 Å². The summed E-state index contributed by atoms with van der Waals surface area (Å²) in [6, 6.07) is 1.79. The van der Waals surface area contributed by atoms with E-state index in [1.165, 1.54) is 12.8 Å². The molecule has 5 nitrogen and oxygen atoms in total. The Bertz CT molecular complexity index is 544. The Morgan fingerprint density at radius 3 is 2.85 bits per heavy atom. The SMILES string of the molecule is CC(C)N1C2CCC1CN(c1cn[nH]c(=O)c1Cl)CC2. The van der Waals surface area contributed by atoms with Gasteiger partial charge in [0.05, 0.1) is 11.9 Å². The third kappa shape index (κ3) is 2.33. The van der Waals surface area contributed by atoms with Gasteiger partial charge in [0.15, 0.2) is 0 Å². The van der Waals surface area contributed by atoms with E-state index in [9.17, 15) is 4.79 Å². The van der Waals surface area contributed by atoms with Gasteiger partial charge in [-0.3, -0.25) is 9.69 Å². The molecule has 2 fully saturated rings. The molecule has 0 aromatic carbocycles. The minimum absolute atomic E-state index is 0.258. The van der Waals surface area contributed by atoms with Gasteiger partial charge in [0.2, 0.25) is 0 Å². The van der Waals surface area contributed by atoms with Gasteiger partial charge in [0, 0.05) is 31.2 Å². The smallest absolute Gasteiger partial charge is 0.285 e. The quantitative estimate of drug-likeness (QED) is 0.905. The maximum absolute atomic E-state index is 11.6. The summed E-state index contributed by atoms with van der Waals surface area (Å²) >= 11 is 6.14. The van der Waals surface area contributed by atoms with E-state index >= 15 is 0 Å². The van der Waals surface area contributed by atoms with Crippen LogP contribution in [-0.4, -0.2) is 46.3 Å². The molecule has 1 N–H and O–H groups in total. The van der Waals surface area contributed by atoms with Crippen LogP contribution in [0.5, 0.6) is 0 Å². The van der Waals surface area contributed by atoms with Gasteiger partial charge in [-0.25, -0.2) is 5.10 Å². The minimum atomic E-state index is -0.306. The summed E-state index contributed by atoms with van der Waals surface area (Å²) < 4.78 is 0. The van der Waals surface area contributed by atoms with Crippen molar-refractivity contribution in [1.29, 1.82) is 0 Å². The summed E-state index contributed by atoms with van der Waals surface area (Å²) in [4.78, 5) is 16.5. The van der Waals surface area contributed by atoms with Crippen LogP contribution in [-0.2, 0) is 0 Å². The molecule has 3 heterocycles. The van der Waals surface area contributed by atoms with Gasteiger partial charge in [-0.15, -0.1) is 0 Å². The Morgan fingerprint density at radius 2 is 2.10 bits per heavy atom.